The van der Waals surface area contributed by atoms with E-state index in [0.29, 0.717) is 0 Å². The molecule has 0 aromatic heterocycles. The third-order valence-corrected chi connectivity index (χ3v) is 3.97. The van der Waals surface area contributed by atoms with Gasteiger partial charge in [0.25, 0.3) is 0 Å². The number of hydrogen-bond donors (Lipinski definition) is 1. The maximum absolute atomic E-state index is 5.74. The van der Waals surface area contributed by atoms with Gasteiger partial charge in [0.2, 0.25) is 0 Å². The van der Waals surface area contributed by atoms with Crippen LogP contribution in [0.5, 0.6) is 5.75 Å². The summed E-state index contributed by atoms with van der Waals surface area (Å²) in [5, 5.41) is 3.72. The van der Waals surface area contributed by atoms with Crippen LogP contribution in [0.25, 0.3) is 0 Å². The average molecular weight is 263 g/mol. The molecule has 108 valence electrons. The Hall–Kier alpha value is -1.02. The van der Waals surface area contributed by atoms with Gasteiger partial charge in [-0.2, -0.15) is 0 Å². The maximum atomic E-state index is 5.74. The van der Waals surface area contributed by atoms with Crippen LogP contribution in [0.15, 0.2) is 24.3 Å². The molecule has 0 amide bonds. The maximum Gasteiger partial charge on any atom is 0.120 e. The van der Waals surface area contributed by atoms with E-state index in [-0.39, 0.29) is 11.6 Å². The second-order valence-corrected chi connectivity index (χ2v) is 5.51. The Labute approximate surface area is 118 Å². The molecule has 0 saturated heterocycles. The lowest BCUT2D eigenvalue weighted by Gasteiger charge is -2.32. The van der Waals surface area contributed by atoms with E-state index in [0.717, 1.165) is 12.3 Å². The van der Waals surface area contributed by atoms with E-state index < -0.39 is 0 Å². The van der Waals surface area contributed by atoms with E-state index >= 15 is 0 Å². The average Bonchev–Trinajstić information content (AvgIpc) is 2.41. The van der Waals surface area contributed by atoms with E-state index in [1.165, 1.54) is 24.8 Å². The Morgan fingerprint density at radius 1 is 1.11 bits per heavy atom. The highest BCUT2D eigenvalue weighted by atomic mass is 16.5. The fourth-order valence-electron chi connectivity index (χ4n) is 2.42. The molecule has 0 heterocycles. The van der Waals surface area contributed by atoms with Gasteiger partial charge in [-0.15, -0.1) is 0 Å². The normalized spacial score (nSPS) is 11.9. The minimum Gasteiger partial charge on any atom is -0.491 e. The second kappa shape index (κ2) is 7.54. The highest BCUT2D eigenvalue weighted by Gasteiger charge is 2.22. The molecular formula is C17H29NO. The Morgan fingerprint density at radius 3 is 2.26 bits per heavy atom. The van der Waals surface area contributed by atoms with Crippen LogP contribution in [0.2, 0.25) is 0 Å². The third kappa shape index (κ3) is 4.87. The zero-order valence-corrected chi connectivity index (χ0v) is 13.1. The molecule has 0 aliphatic carbocycles. The van der Waals surface area contributed by atoms with Gasteiger partial charge in [-0.25, -0.2) is 0 Å². The zero-order chi connectivity index (χ0) is 14.3. The predicted octanol–water partition coefficient (Wildman–Crippen LogP) is 4.53. The van der Waals surface area contributed by atoms with Crippen LogP contribution >= 0.6 is 0 Å². The molecule has 0 atom stereocenters. The Bertz CT molecular complexity index is 361. The van der Waals surface area contributed by atoms with E-state index in [4.69, 9.17) is 4.74 Å². The van der Waals surface area contributed by atoms with Crippen LogP contribution in [0, 0.1) is 0 Å². The van der Waals surface area contributed by atoms with Crippen molar-refractivity contribution in [2.24, 2.45) is 0 Å². The van der Waals surface area contributed by atoms with Gasteiger partial charge in [0.15, 0.2) is 0 Å². The first-order valence-corrected chi connectivity index (χ1v) is 7.55. The summed E-state index contributed by atoms with van der Waals surface area (Å²) in [5.41, 5.74) is 1.56. The summed E-state index contributed by atoms with van der Waals surface area (Å²) in [6.45, 7) is 11.8. The standard InChI is InChI=1S/C17H29NO/c1-6-17(7-2,8-3)18-13-15-10-9-11-16(12-15)19-14(4)5/h9-12,14,18H,6-8,13H2,1-5H3. The molecule has 2 nitrogen and oxygen atoms in total. The van der Waals surface area contributed by atoms with Crippen LogP contribution in [-0.4, -0.2) is 11.6 Å². The number of hydrogen-bond acceptors (Lipinski definition) is 2. The van der Waals surface area contributed by atoms with Crippen molar-refractivity contribution in [3.05, 3.63) is 29.8 Å². The molecule has 1 N–H and O–H groups in total. The summed E-state index contributed by atoms with van der Waals surface area (Å²) < 4.78 is 5.74. The van der Waals surface area contributed by atoms with Crippen molar-refractivity contribution in [3.8, 4) is 5.75 Å². The molecule has 1 aromatic rings. The van der Waals surface area contributed by atoms with Crippen molar-refractivity contribution in [2.75, 3.05) is 0 Å². The van der Waals surface area contributed by atoms with Gasteiger partial charge >= 0.3 is 0 Å². The SMILES string of the molecule is CCC(CC)(CC)NCc1cccc(OC(C)C)c1. The van der Waals surface area contributed by atoms with Crippen molar-refractivity contribution in [1.29, 1.82) is 0 Å². The van der Waals surface area contributed by atoms with Gasteiger partial charge < -0.3 is 10.1 Å². The smallest absolute Gasteiger partial charge is 0.120 e. The number of benzene rings is 1. The summed E-state index contributed by atoms with van der Waals surface area (Å²) in [5.74, 6) is 0.962. The second-order valence-electron chi connectivity index (χ2n) is 5.51. The van der Waals surface area contributed by atoms with Gasteiger partial charge in [-0.3, -0.25) is 0 Å². The Kier molecular flexibility index (Phi) is 6.36. The quantitative estimate of drug-likeness (QED) is 0.744. The van der Waals surface area contributed by atoms with Gasteiger partial charge in [-0.1, -0.05) is 32.9 Å². The van der Waals surface area contributed by atoms with Gasteiger partial charge in [0, 0.05) is 12.1 Å². The molecule has 19 heavy (non-hydrogen) atoms. The first kappa shape index (κ1) is 16.0. The van der Waals surface area contributed by atoms with Crippen LogP contribution in [-0.2, 0) is 6.54 Å². The van der Waals surface area contributed by atoms with Crippen molar-refractivity contribution >= 4 is 0 Å². The Morgan fingerprint density at radius 2 is 1.74 bits per heavy atom. The molecule has 0 bridgehead atoms. The van der Waals surface area contributed by atoms with E-state index in [9.17, 15) is 0 Å². The van der Waals surface area contributed by atoms with Crippen molar-refractivity contribution in [2.45, 2.75) is 72.1 Å². The predicted molar refractivity (Wildman–Crippen MR) is 82.6 cm³/mol. The first-order valence-electron chi connectivity index (χ1n) is 7.55. The zero-order valence-electron chi connectivity index (χ0n) is 13.1. The van der Waals surface area contributed by atoms with Crippen LogP contribution < -0.4 is 10.1 Å². The van der Waals surface area contributed by atoms with Gasteiger partial charge in [0.1, 0.15) is 5.75 Å². The monoisotopic (exact) mass is 263 g/mol. The largest absolute Gasteiger partial charge is 0.491 e. The van der Waals surface area contributed by atoms with Crippen LogP contribution in [0.3, 0.4) is 0 Å². The molecule has 0 radical (unpaired) electrons. The lowest BCUT2D eigenvalue weighted by molar-refractivity contribution is 0.242. The molecule has 0 unspecified atom stereocenters. The van der Waals surface area contributed by atoms with Crippen LogP contribution in [0.4, 0.5) is 0 Å². The van der Waals surface area contributed by atoms with E-state index in [1.54, 1.807) is 0 Å². The van der Waals surface area contributed by atoms with Crippen LogP contribution in [0.1, 0.15) is 59.4 Å². The highest BCUT2D eigenvalue weighted by molar-refractivity contribution is 5.28. The molecule has 0 spiro atoms. The van der Waals surface area contributed by atoms with E-state index in [1.807, 2.05) is 6.07 Å². The number of ether oxygens (including phenoxy) is 1. The summed E-state index contributed by atoms with van der Waals surface area (Å²) >= 11 is 0. The van der Waals surface area contributed by atoms with Crippen molar-refractivity contribution in [1.82, 2.24) is 5.32 Å². The Balaban J connectivity index is 2.66. The summed E-state index contributed by atoms with van der Waals surface area (Å²) in [6.07, 6.45) is 3.73. The molecule has 0 fully saturated rings. The van der Waals surface area contributed by atoms with Gasteiger partial charge in [0.05, 0.1) is 6.10 Å². The lowest BCUT2D eigenvalue weighted by Crippen LogP contribution is -2.43. The molecule has 1 rings (SSSR count). The minimum absolute atomic E-state index is 0.226. The molecule has 0 saturated carbocycles. The number of nitrogens with one attached hydrogen (secondary N) is 1. The summed E-state index contributed by atoms with van der Waals surface area (Å²) in [4.78, 5) is 0. The highest BCUT2D eigenvalue weighted by Crippen LogP contribution is 2.21. The first-order chi connectivity index (χ1) is 9.05. The fourth-order valence-corrected chi connectivity index (χ4v) is 2.42. The molecule has 1 aromatic carbocycles. The van der Waals surface area contributed by atoms with Gasteiger partial charge in [-0.05, 0) is 50.8 Å². The third-order valence-electron chi connectivity index (χ3n) is 3.97. The van der Waals surface area contributed by atoms with Crippen molar-refractivity contribution in [3.63, 3.8) is 0 Å². The lowest BCUT2D eigenvalue weighted by atomic mass is 9.89. The molecule has 0 aliphatic rings. The summed E-state index contributed by atoms with van der Waals surface area (Å²) in [7, 11) is 0. The molecule has 0 aliphatic heterocycles. The van der Waals surface area contributed by atoms with Crippen molar-refractivity contribution < 1.29 is 4.74 Å². The molecule has 2 heteroatoms. The topological polar surface area (TPSA) is 21.3 Å². The minimum atomic E-state index is 0.226. The number of rotatable bonds is 8. The fraction of sp³-hybridized carbons (Fsp3) is 0.647. The molecular weight excluding hydrogens is 234 g/mol. The van der Waals surface area contributed by atoms with E-state index in [2.05, 4.69) is 58.1 Å². The summed E-state index contributed by atoms with van der Waals surface area (Å²) in [6, 6.07) is 8.39.